The van der Waals surface area contributed by atoms with Gasteiger partial charge in [0.1, 0.15) is 11.9 Å². The zero-order valence-corrected chi connectivity index (χ0v) is 18.4. The summed E-state index contributed by atoms with van der Waals surface area (Å²) in [7, 11) is 0. The smallest absolute Gasteiger partial charge is 0.316 e. The number of nitrogens with one attached hydrogen (secondary N) is 1. The van der Waals surface area contributed by atoms with E-state index in [0.717, 1.165) is 64.9 Å². The summed E-state index contributed by atoms with van der Waals surface area (Å²) >= 11 is 0. The number of aryl methyl sites for hydroxylation is 1. The van der Waals surface area contributed by atoms with E-state index in [1.807, 2.05) is 43.5 Å². The number of hydrogen-bond acceptors (Lipinski definition) is 6. The van der Waals surface area contributed by atoms with Crippen molar-refractivity contribution in [2.24, 2.45) is 5.92 Å². The van der Waals surface area contributed by atoms with Crippen molar-refractivity contribution in [1.82, 2.24) is 24.9 Å². The SMILES string of the molecule is Cc1cc(-c2cnc(OC3CCC(CC(=O)O)CC3)nc2)ncc1-c1nc2ccccc2[nH]1. The molecule has 0 spiro atoms. The first-order chi connectivity index (χ1) is 16.0. The number of aromatic nitrogens is 5. The topological polar surface area (TPSA) is 114 Å². The summed E-state index contributed by atoms with van der Waals surface area (Å²) in [6, 6.07) is 10.3. The van der Waals surface area contributed by atoms with E-state index in [1.165, 1.54) is 0 Å². The lowest BCUT2D eigenvalue weighted by Crippen LogP contribution is -2.25. The number of aromatic amines is 1. The zero-order chi connectivity index (χ0) is 22.8. The number of fused-ring (bicyclic) bond motifs is 1. The Morgan fingerprint density at radius 3 is 2.55 bits per heavy atom. The van der Waals surface area contributed by atoms with E-state index in [-0.39, 0.29) is 18.4 Å². The number of carbonyl (C=O) groups is 1. The molecular weight excluding hydrogens is 418 g/mol. The van der Waals surface area contributed by atoms with E-state index in [0.29, 0.717) is 6.01 Å². The van der Waals surface area contributed by atoms with Crippen molar-refractivity contribution in [2.45, 2.75) is 45.1 Å². The van der Waals surface area contributed by atoms with Gasteiger partial charge in [-0.25, -0.2) is 15.0 Å². The second kappa shape index (κ2) is 8.97. The molecule has 3 aromatic heterocycles. The second-order valence-corrected chi connectivity index (χ2v) is 8.60. The highest BCUT2D eigenvalue weighted by Gasteiger charge is 2.24. The molecule has 8 heteroatoms. The van der Waals surface area contributed by atoms with Gasteiger partial charge in [-0.05, 0) is 62.3 Å². The Morgan fingerprint density at radius 1 is 1.09 bits per heavy atom. The summed E-state index contributed by atoms with van der Waals surface area (Å²) in [4.78, 5) is 32.2. The third-order valence-corrected chi connectivity index (χ3v) is 6.21. The van der Waals surface area contributed by atoms with Crippen molar-refractivity contribution in [3.8, 4) is 28.7 Å². The van der Waals surface area contributed by atoms with Gasteiger partial charge in [-0.15, -0.1) is 0 Å². The van der Waals surface area contributed by atoms with Crippen LogP contribution < -0.4 is 4.74 Å². The Morgan fingerprint density at radius 2 is 1.85 bits per heavy atom. The van der Waals surface area contributed by atoms with Crippen LogP contribution in [0.1, 0.15) is 37.7 Å². The molecule has 0 saturated heterocycles. The molecule has 1 saturated carbocycles. The van der Waals surface area contributed by atoms with Gasteiger partial charge >= 0.3 is 12.0 Å². The van der Waals surface area contributed by atoms with E-state index in [2.05, 4.69) is 24.9 Å². The van der Waals surface area contributed by atoms with Crippen molar-refractivity contribution < 1.29 is 14.6 Å². The molecule has 0 atom stereocenters. The van der Waals surface area contributed by atoms with Gasteiger partial charge in [0.05, 0.1) is 16.7 Å². The summed E-state index contributed by atoms with van der Waals surface area (Å²) in [6.07, 6.45) is 8.90. The molecule has 1 aromatic carbocycles. The molecule has 0 unspecified atom stereocenters. The van der Waals surface area contributed by atoms with Gasteiger partial charge in [0.15, 0.2) is 0 Å². The Bertz CT molecular complexity index is 1240. The van der Waals surface area contributed by atoms with Crippen molar-refractivity contribution >= 4 is 17.0 Å². The number of benzene rings is 1. The van der Waals surface area contributed by atoms with E-state index < -0.39 is 5.97 Å². The highest BCUT2D eigenvalue weighted by molar-refractivity contribution is 5.80. The van der Waals surface area contributed by atoms with Crippen molar-refractivity contribution in [3.63, 3.8) is 0 Å². The van der Waals surface area contributed by atoms with E-state index in [1.54, 1.807) is 12.4 Å². The summed E-state index contributed by atoms with van der Waals surface area (Å²) < 4.78 is 5.93. The second-order valence-electron chi connectivity index (χ2n) is 8.60. The number of hydrogen-bond donors (Lipinski definition) is 2. The van der Waals surface area contributed by atoms with Gasteiger partial charge in [-0.1, -0.05) is 12.1 Å². The minimum Gasteiger partial charge on any atom is -0.481 e. The zero-order valence-electron chi connectivity index (χ0n) is 18.4. The lowest BCUT2D eigenvalue weighted by molar-refractivity contribution is -0.138. The Hall–Kier alpha value is -3.81. The maximum Gasteiger partial charge on any atom is 0.316 e. The standard InChI is InChI=1S/C25H25N5O3/c1-15-10-22(26-14-19(15)24-29-20-4-2-3-5-21(20)30-24)17-12-27-25(28-13-17)33-18-8-6-16(7-9-18)11-23(31)32/h2-5,10,12-14,16,18H,6-9,11H2,1H3,(H,29,30)(H,31,32). The first-order valence-corrected chi connectivity index (χ1v) is 11.2. The van der Waals surface area contributed by atoms with Gasteiger partial charge in [-0.3, -0.25) is 9.78 Å². The van der Waals surface area contributed by atoms with Crippen LogP contribution in [0.3, 0.4) is 0 Å². The first-order valence-electron chi connectivity index (χ1n) is 11.2. The lowest BCUT2D eigenvalue weighted by atomic mass is 9.85. The number of para-hydroxylation sites is 2. The first kappa shape index (κ1) is 21.1. The van der Waals surface area contributed by atoms with Gasteiger partial charge in [0, 0.05) is 36.1 Å². The van der Waals surface area contributed by atoms with Crippen LogP contribution in [-0.4, -0.2) is 42.1 Å². The average Bonchev–Trinajstić information content (AvgIpc) is 3.24. The monoisotopic (exact) mass is 443 g/mol. The fourth-order valence-electron chi connectivity index (χ4n) is 4.40. The van der Waals surface area contributed by atoms with Gasteiger partial charge in [-0.2, -0.15) is 0 Å². The fraction of sp³-hybridized carbons (Fsp3) is 0.320. The number of rotatable bonds is 6. The van der Waals surface area contributed by atoms with Crippen LogP contribution in [0.15, 0.2) is 48.9 Å². The largest absolute Gasteiger partial charge is 0.481 e. The Balaban J connectivity index is 1.25. The average molecular weight is 444 g/mol. The molecule has 8 nitrogen and oxygen atoms in total. The maximum atomic E-state index is 10.9. The number of aliphatic carboxylic acids is 1. The van der Waals surface area contributed by atoms with E-state index in [4.69, 9.17) is 9.84 Å². The summed E-state index contributed by atoms with van der Waals surface area (Å²) in [5.74, 6) is 0.307. The highest BCUT2D eigenvalue weighted by atomic mass is 16.5. The molecule has 1 fully saturated rings. The van der Waals surface area contributed by atoms with Gasteiger partial charge < -0.3 is 14.8 Å². The van der Waals surface area contributed by atoms with Crippen molar-refractivity contribution in [1.29, 1.82) is 0 Å². The third-order valence-electron chi connectivity index (χ3n) is 6.21. The van der Waals surface area contributed by atoms with Crippen LogP contribution in [0.25, 0.3) is 33.7 Å². The van der Waals surface area contributed by atoms with Crippen LogP contribution in [0.5, 0.6) is 6.01 Å². The Kier molecular flexibility index (Phi) is 5.73. The van der Waals surface area contributed by atoms with E-state index >= 15 is 0 Å². The van der Waals surface area contributed by atoms with E-state index in [9.17, 15) is 4.79 Å². The molecule has 1 aliphatic carbocycles. The minimum absolute atomic E-state index is 0.0318. The number of carboxylic acid groups (broad SMARTS) is 1. The molecule has 3 heterocycles. The molecule has 1 aliphatic rings. The number of pyridine rings is 1. The third kappa shape index (κ3) is 4.69. The van der Waals surface area contributed by atoms with Gasteiger partial charge in [0.2, 0.25) is 0 Å². The minimum atomic E-state index is -0.729. The molecule has 4 aromatic rings. The van der Waals surface area contributed by atoms with Crippen LogP contribution in [0.4, 0.5) is 0 Å². The van der Waals surface area contributed by atoms with Crippen LogP contribution >= 0.6 is 0 Å². The summed E-state index contributed by atoms with van der Waals surface area (Å²) in [6.45, 7) is 2.03. The number of imidazole rings is 1. The predicted molar refractivity (Wildman–Crippen MR) is 124 cm³/mol. The van der Waals surface area contributed by atoms with Crippen molar-refractivity contribution in [2.75, 3.05) is 0 Å². The molecule has 2 N–H and O–H groups in total. The molecule has 168 valence electrons. The number of H-pyrrole nitrogens is 1. The molecular formula is C25H25N5O3. The molecule has 0 radical (unpaired) electrons. The quantitative estimate of drug-likeness (QED) is 0.440. The molecule has 33 heavy (non-hydrogen) atoms. The van der Waals surface area contributed by atoms with Crippen LogP contribution in [0.2, 0.25) is 0 Å². The number of carboxylic acids is 1. The molecule has 5 rings (SSSR count). The summed E-state index contributed by atoms with van der Waals surface area (Å²) in [5.41, 5.74) is 5.53. The van der Waals surface area contributed by atoms with Crippen LogP contribution in [0, 0.1) is 12.8 Å². The van der Waals surface area contributed by atoms with Crippen molar-refractivity contribution in [3.05, 3.63) is 54.5 Å². The number of ether oxygens (including phenoxy) is 1. The summed E-state index contributed by atoms with van der Waals surface area (Å²) in [5, 5.41) is 8.95. The van der Waals surface area contributed by atoms with Gasteiger partial charge in [0.25, 0.3) is 0 Å². The van der Waals surface area contributed by atoms with Crippen LogP contribution in [-0.2, 0) is 4.79 Å². The maximum absolute atomic E-state index is 10.9. The predicted octanol–water partition coefficient (Wildman–Crippen LogP) is 4.80. The lowest BCUT2D eigenvalue weighted by Gasteiger charge is -2.27. The number of nitrogens with zero attached hydrogens (tertiary/aromatic N) is 4. The highest BCUT2D eigenvalue weighted by Crippen LogP contribution is 2.30. The molecule has 0 amide bonds. The normalized spacial score (nSPS) is 18.3. The Labute approximate surface area is 191 Å². The fourth-order valence-corrected chi connectivity index (χ4v) is 4.40. The molecule has 0 aliphatic heterocycles. The molecule has 0 bridgehead atoms.